The van der Waals surface area contributed by atoms with Gasteiger partial charge in [-0.25, -0.2) is 17.6 Å². The van der Waals surface area contributed by atoms with Gasteiger partial charge in [0.15, 0.2) is 0 Å². The van der Waals surface area contributed by atoms with Gasteiger partial charge in [-0.3, -0.25) is 4.72 Å². The van der Waals surface area contributed by atoms with E-state index < -0.39 is 21.8 Å². The Balaban J connectivity index is 1.94. The first-order valence-corrected chi connectivity index (χ1v) is 9.45. The summed E-state index contributed by atoms with van der Waals surface area (Å²) in [6, 6.07) is 17.9. The van der Waals surface area contributed by atoms with Crippen molar-refractivity contribution in [2.75, 3.05) is 11.8 Å². The van der Waals surface area contributed by atoms with Crippen molar-refractivity contribution in [3.05, 3.63) is 84.2 Å². The normalized spacial score (nSPS) is 11.0. The third-order valence-electron chi connectivity index (χ3n) is 3.89. The Bertz CT molecular complexity index is 1060. The summed E-state index contributed by atoms with van der Waals surface area (Å²) in [5.41, 5.74) is 1.65. The van der Waals surface area contributed by atoms with Crippen molar-refractivity contribution in [1.29, 1.82) is 0 Å². The van der Waals surface area contributed by atoms with Crippen LogP contribution in [-0.4, -0.2) is 21.5 Å². The van der Waals surface area contributed by atoms with Crippen LogP contribution >= 0.6 is 0 Å². The number of hydrogen-bond acceptors (Lipinski definition) is 4. The largest absolute Gasteiger partial charge is 0.465 e. The Kier molecular flexibility index (Phi) is 5.23. The van der Waals surface area contributed by atoms with Crippen molar-refractivity contribution in [3.8, 4) is 11.1 Å². The van der Waals surface area contributed by atoms with Gasteiger partial charge in [-0.15, -0.1) is 0 Å². The number of ether oxygens (including phenoxy) is 1. The predicted octanol–water partition coefficient (Wildman–Crippen LogP) is 4.08. The van der Waals surface area contributed by atoms with E-state index >= 15 is 0 Å². The van der Waals surface area contributed by atoms with Crippen molar-refractivity contribution in [2.24, 2.45) is 0 Å². The van der Waals surface area contributed by atoms with Gasteiger partial charge in [0.2, 0.25) is 0 Å². The molecule has 0 heterocycles. The van der Waals surface area contributed by atoms with E-state index in [4.69, 9.17) is 0 Å². The number of nitrogens with one attached hydrogen (secondary N) is 1. The molecule has 3 aromatic rings. The first kappa shape index (κ1) is 18.6. The van der Waals surface area contributed by atoms with E-state index in [1.54, 1.807) is 18.2 Å². The number of sulfonamides is 1. The lowest BCUT2D eigenvalue weighted by molar-refractivity contribution is 0.0601. The highest BCUT2D eigenvalue weighted by atomic mass is 32.2. The minimum absolute atomic E-state index is 0.0636. The molecule has 0 saturated carbocycles. The van der Waals surface area contributed by atoms with E-state index in [0.717, 1.165) is 0 Å². The topological polar surface area (TPSA) is 72.5 Å². The van der Waals surface area contributed by atoms with E-state index in [1.165, 1.54) is 61.7 Å². The molecule has 0 radical (unpaired) electrons. The minimum Gasteiger partial charge on any atom is -0.465 e. The Labute approximate surface area is 156 Å². The second-order valence-electron chi connectivity index (χ2n) is 5.68. The number of halogens is 1. The van der Waals surface area contributed by atoms with Crippen LogP contribution in [0.25, 0.3) is 11.1 Å². The fourth-order valence-electron chi connectivity index (χ4n) is 2.57. The molecule has 0 unspecified atom stereocenters. The molecule has 0 saturated heterocycles. The molecule has 0 aliphatic carbocycles. The molecule has 0 atom stereocenters. The van der Waals surface area contributed by atoms with Crippen molar-refractivity contribution >= 4 is 21.7 Å². The quantitative estimate of drug-likeness (QED) is 0.672. The molecular weight excluding hydrogens is 369 g/mol. The second kappa shape index (κ2) is 7.59. The number of benzene rings is 3. The zero-order chi connectivity index (χ0) is 19.4. The third kappa shape index (κ3) is 4.15. The van der Waals surface area contributed by atoms with E-state index in [2.05, 4.69) is 9.46 Å². The molecule has 27 heavy (non-hydrogen) atoms. The Hall–Kier alpha value is -3.19. The summed E-state index contributed by atoms with van der Waals surface area (Å²) in [7, 11) is -2.63. The molecule has 3 aromatic carbocycles. The Morgan fingerprint density at radius 2 is 1.56 bits per heavy atom. The first-order chi connectivity index (χ1) is 12.9. The predicted molar refractivity (Wildman–Crippen MR) is 100 cm³/mol. The van der Waals surface area contributed by atoms with Gasteiger partial charge in [-0.1, -0.05) is 30.3 Å². The zero-order valence-electron chi connectivity index (χ0n) is 14.3. The number of carbonyl (C=O) groups is 1. The summed E-state index contributed by atoms with van der Waals surface area (Å²) in [5.74, 6) is -0.908. The van der Waals surface area contributed by atoms with Crippen LogP contribution in [0, 0.1) is 5.82 Å². The lowest BCUT2D eigenvalue weighted by Gasteiger charge is -2.13. The molecule has 0 aliphatic heterocycles. The highest BCUT2D eigenvalue weighted by Crippen LogP contribution is 2.29. The molecule has 1 N–H and O–H groups in total. The fraction of sp³-hybridized carbons (Fsp3) is 0.0500. The first-order valence-electron chi connectivity index (χ1n) is 7.97. The van der Waals surface area contributed by atoms with Gasteiger partial charge >= 0.3 is 5.97 Å². The maximum absolute atomic E-state index is 13.2. The van der Waals surface area contributed by atoms with Crippen molar-refractivity contribution < 1.29 is 22.3 Å². The summed E-state index contributed by atoms with van der Waals surface area (Å²) in [4.78, 5) is 11.5. The van der Waals surface area contributed by atoms with Gasteiger partial charge in [0, 0.05) is 11.3 Å². The third-order valence-corrected chi connectivity index (χ3v) is 5.33. The minimum atomic E-state index is -3.90. The molecule has 138 valence electrons. The van der Waals surface area contributed by atoms with E-state index in [9.17, 15) is 17.6 Å². The number of esters is 1. The van der Waals surface area contributed by atoms with Gasteiger partial charge in [0.25, 0.3) is 10.0 Å². The van der Waals surface area contributed by atoms with Crippen LogP contribution in [0.3, 0.4) is 0 Å². The highest BCUT2D eigenvalue weighted by Gasteiger charge is 2.19. The Morgan fingerprint density at radius 1 is 0.926 bits per heavy atom. The lowest BCUT2D eigenvalue weighted by atomic mass is 10.1. The second-order valence-corrected chi connectivity index (χ2v) is 7.33. The highest BCUT2D eigenvalue weighted by molar-refractivity contribution is 7.92. The maximum atomic E-state index is 13.2. The van der Waals surface area contributed by atoms with E-state index in [1.807, 2.05) is 0 Å². The maximum Gasteiger partial charge on any atom is 0.337 e. The van der Waals surface area contributed by atoms with Crippen molar-refractivity contribution in [2.45, 2.75) is 4.90 Å². The van der Waals surface area contributed by atoms with Crippen LogP contribution in [0.2, 0.25) is 0 Å². The summed E-state index contributed by atoms with van der Waals surface area (Å²) in [6.45, 7) is 0. The fourth-order valence-corrected chi connectivity index (χ4v) is 3.86. The van der Waals surface area contributed by atoms with Gasteiger partial charge in [-0.2, -0.15) is 0 Å². The summed E-state index contributed by atoms with van der Waals surface area (Å²) >= 11 is 0. The Morgan fingerprint density at radius 3 is 2.19 bits per heavy atom. The van der Waals surface area contributed by atoms with Crippen molar-refractivity contribution in [1.82, 2.24) is 0 Å². The smallest absolute Gasteiger partial charge is 0.337 e. The molecule has 0 fully saturated rings. The van der Waals surface area contributed by atoms with E-state index in [0.29, 0.717) is 22.4 Å². The number of hydrogen-bond donors (Lipinski definition) is 1. The van der Waals surface area contributed by atoms with Crippen LogP contribution in [0.15, 0.2) is 77.7 Å². The van der Waals surface area contributed by atoms with Crippen LogP contribution in [0.1, 0.15) is 10.4 Å². The van der Waals surface area contributed by atoms with Crippen LogP contribution in [-0.2, 0) is 14.8 Å². The molecule has 0 aromatic heterocycles. The molecular formula is C20H16FNO4S. The number of carbonyl (C=O) groups excluding carboxylic acids is 1. The molecule has 5 nitrogen and oxygen atoms in total. The summed E-state index contributed by atoms with van der Waals surface area (Å²) in [6.07, 6.45) is 0. The zero-order valence-corrected chi connectivity index (χ0v) is 15.2. The summed E-state index contributed by atoms with van der Waals surface area (Å²) in [5, 5.41) is 0. The summed E-state index contributed by atoms with van der Waals surface area (Å²) < 4.78 is 46.0. The lowest BCUT2D eigenvalue weighted by Crippen LogP contribution is -2.14. The average Bonchev–Trinajstić information content (AvgIpc) is 2.68. The van der Waals surface area contributed by atoms with Gasteiger partial charge < -0.3 is 4.74 Å². The monoisotopic (exact) mass is 385 g/mol. The van der Waals surface area contributed by atoms with Crippen LogP contribution < -0.4 is 4.72 Å². The SMILES string of the molecule is COC(=O)c1ccc(NS(=O)(=O)c2ccccc2-c2ccc(F)cc2)cc1. The number of rotatable bonds is 5. The number of methoxy groups -OCH3 is 1. The standard InChI is InChI=1S/C20H16FNO4S/c1-26-20(23)15-8-12-17(13-9-15)22-27(24,25)19-5-3-2-4-18(19)14-6-10-16(21)11-7-14/h2-13,22H,1H3. The molecule has 0 spiro atoms. The van der Waals surface area contributed by atoms with E-state index in [-0.39, 0.29) is 4.90 Å². The van der Waals surface area contributed by atoms with Gasteiger partial charge in [0.1, 0.15) is 5.82 Å². The molecule has 3 rings (SSSR count). The average molecular weight is 385 g/mol. The van der Waals surface area contributed by atoms with Crippen LogP contribution in [0.4, 0.5) is 10.1 Å². The number of anilines is 1. The molecule has 7 heteroatoms. The van der Waals surface area contributed by atoms with Gasteiger partial charge in [0.05, 0.1) is 17.6 Å². The van der Waals surface area contributed by atoms with Crippen molar-refractivity contribution in [3.63, 3.8) is 0 Å². The van der Waals surface area contributed by atoms with Gasteiger partial charge in [-0.05, 0) is 48.0 Å². The molecule has 0 bridgehead atoms. The molecule has 0 amide bonds. The molecule has 0 aliphatic rings. The van der Waals surface area contributed by atoms with Crippen LogP contribution in [0.5, 0.6) is 0 Å².